The van der Waals surface area contributed by atoms with Gasteiger partial charge in [0.25, 0.3) is 0 Å². The second kappa shape index (κ2) is 10.2. The zero-order valence-electron chi connectivity index (χ0n) is 16.2. The van der Waals surface area contributed by atoms with E-state index < -0.39 is 0 Å². The van der Waals surface area contributed by atoms with Gasteiger partial charge in [-0.2, -0.15) is 0 Å². The average molecular weight is 348 g/mol. The van der Waals surface area contributed by atoms with Crippen LogP contribution in [0.3, 0.4) is 0 Å². The number of guanidine groups is 1. The molecule has 0 spiro atoms. The van der Waals surface area contributed by atoms with Crippen LogP contribution in [-0.2, 0) is 6.42 Å². The molecule has 1 aliphatic carbocycles. The molecule has 0 aromatic heterocycles. The lowest BCUT2D eigenvalue weighted by molar-refractivity contribution is 0.354. The molecule has 2 rings (SSSR count). The lowest BCUT2D eigenvalue weighted by Crippen LogP contribution is -2.40. The number of methoxy groups -OCH3 is 2. The van der Waals surface area contributed by atoms with Gasteiger partial charge in [-0.05, 0) is 49.8 Å². The first-order valence-electron chi connectivity index (χ1n) is 9.38. The SMILES string of the molecule is CCNC(=NCCCC1CC1)N(C)CCc1ccc(OC)c(OC)c1. The van der Waals surface area contributed by atoms with Crippen molar-refractivity contribution in [1.29, 1.82) is 0 Å². The highest BCUT2D eigenvalue weighted by molar-refractivity contribution is 5.79. The van der Waals surface area contributed by atoms with Crippen molar-refractivity contribution in [2.24, 2.45) is 10.9 Å². The van der Waals surface area contributed by atoms with Crippen molar-refractivity contribution in [1.82, 2.24) is 10.2 Å². The van der Waals surface area contributed by atoms with Gasteiger partial charge in [-0.1, -0.05) is 18.9 Å². The van der Waals surface area contributed by atoms with Crippen LogP contribution >= 0.6 is 0 Å². The van der Waals surface area contributed by atoms with Gasteiger partial charge >= 0.3 is 0 Å². The summed E-state index contributed by atoms with van der Waals surface area (Å²) in [6.45, 7) is 4.83. The van der Waals surface area contributed by atoms with Crippen molar-refractivity contribution in [3.05, 3.63) is 23.8 Å². The summed E-state index contributed by atoms with van der Waals surface area (Å²) in [5, 5.41) is 3.39. The minimum Gasteiger partial charge on any atom is -0.493 e. The molecule has 1 aromatic rings. The van der Waals surface area contributed by atoms with Gasteiger partial charge < -0.3 is 19.7 Å². The lowest BCUT2D eigenvalue weighted by atomic mass is 10.1. The van der Waals surface area contributed by atoms with E-state index in [1.807, 2.05) is 12.1 Å². The molecule has 0 bridgehead atoms. The molecule has 0 heterocycles. The number of likely N-dealkylation sites (N-methyl/N-ethyl adjacent to an activating group) is 1. The largest absolute Gasteiger partial charge is 0.493 e. The first-order valence-corrected chi connectivity index (χ1v) is 9.38. The molecule has 1 fully saturated rings. The topological polar surface area (TPSA) is 46.1 Å². The molecule has 140 valence electrons. The Labute approximate surface area is 152 Å². The highest BCUT2D eigenvalue weighted by Gasteiger charge is 2.20. The summed E-state index contributed by atoms with van der Waals surface area (Å²) in [6, 6.07) is 6.10. The van der Waals surface area contributed by atoms with Crippen molar-refractivity contribution < 1.29 is 9.47 Å². The number of nitrogens with zero attached hydrogens (tertiary/aromatic N) is 2. The maximum absolute atomic E-state index is 5.38. The Morgan fingerprint density at radius 1 is 1.24 bits per heavy atom. The predicted molar refractivity (Wildman–Crippen MR) is 104 cm³/mol. The molecule has 5 nitrogen and oxygen atoms in total. The maximum atomic E-state index is 5.38. The molecule has 5 heteroatoms. The summed E-state index contributed by atoms with van der Waals surface area (Å²) in [7, 11) is 5.43. The van der Waals surface area contributed by atoms with Crippen LogP contribution in [0, 0.1) is 5.92 Å². The number of aliphatic imine (C=N–C) groups is 1. The van der Waals surface area contributed by atoms with Gasteiger partial charge in [0.15, 0.2) is 17.5 Å². The van der Waals surface area contributed by atoms with Gasteiger partial charge in [-0.15, -0.1) is 0 Å². The van der Waals surface area contributed by atoms with Gasteiger partial charge in [-0.3, -0.25) is 4.99 Å². The number of nitrogens with one attached hydrogen (secondary N) is 1. The Morgan fingerprint density at radius 3 is 2.64 bits per heavy atom. The molecule has 0 atom stereocenters. The first-order chi connectivity index (χ1) is 12.2. The normalized spacial score (nSPS) is 14.3. The fourth-order valence-electron chi connectivity index (χ4n) is 2.88. The Morgan fingerprint density at radius 2 is 2.00 bits per heavy atom. The quantitative estimate of drug-likeness (QED) is 0.401. The monoisotopic (exact) mass is 347 g/mol. The van der Waals surface area contributed by atoms with E-state index in [-0.39, 0.29) is 0 Å². The molecule has 1 saturated carbocycles. The zero-order chi connectivity index (χ0) is 18.1. The predicted octanol–water partition coefficient (Wildman–Crippen LogP) is 3.33. The zero-order valence-corrected chi connectivity index (χ0v) is 16.2. The van der Waals surface area contributed by atoms with E-state index in [1.165, 1.54) is 31.2 Å². The van der Waals surface area contributed by atoms with E-state index in [2.05, 4.69) is 30.3 Å². The molecule has 1 aliphatic rings. The van der Waals surface area contributed by atoms with Gasteiger partial charge in [0.05, 0.1) is 14.2 Å². The van der Waals surface area contributed by atoms with E-state index in [4.69, 9.17) is 14.5 Å². The summed E-state index contributed by atoms with van der Waals surface area (Å²) >= 11 is 0. The van der Waals surface area contributed by atoms with E-state index in [0.29, 0.717) is 0 Å². The number of rotatable bonds is 10. The molecule has 1 N–H and O–H groups in total. The third-order valence-electron chi connectivity index (χ3n) is 4.61. The Balaban J connectivity index is 1.86. The maximum Gasteiger partial charge on any atom is 0.193 e. The number of ether oxygens (including phenoxy) is 2. The molecular weight excluding hydrogens is 314 g/mol. The second-order valence-electron chi connectivity index (χ2n) is 6.68. The summed E-state index contributed by atoms with van der Waals surface area (Å²) in [5.41, 5.74) is 1.23. The van der Waals surface area contributed by atoms with E-state index >= 15 is 0 Å². The van der Waals surface area contributed by atoms with Crippen LogP contribution < -0.4 is 14.8 Å². The van der Waals surface area contributed by atoms with Crippen molar-refractivity contribution >= 4 is 5.96 Å². The van der Waals surface area contributed by atoms with Gasteiger partial charge in [0, 0.05) is 26.7 Å². The van der Waals surface area contributed by atoms with Crippen molar-refractivity contribution in [3.8, 4) is 11.5 Å². The van der Waals surface area contributed by atoms with Crippen LogP contribution in [0.15, 0.2) is 23.2 Å². The van der Waals surface area contributed by atoms with Crippen LogP contribution in [0.5, 0.6) is 11.5 Å². The summed E-state index contributed by atoms with van der Waals surface area (Å²) in [6.07, 6.45) is 6.31. The lowest BCUT2D eigenvalue weighted by Gasteiger charge is -2.22. The first kappa shape index (κ1) is 19.4. The van der Waals surface area contributed by atoms with Crippen molar-refractivity contribution in [3.63, 3.8) is 0 Å². The molecule has 0 unspecified atom stereocenters. The van der Waals surface area contributed by atoms with Gasteiger partial charge in [0.2, 0.25) is 0 Å². The summed E-state index contributed by atoms with van der Waals surface area (Å²) < 4.78 is 10.7. The summed E-state index contributed by atoms with van der Waals surface area (Å²) in [4.78, 5) is 6.98. The minimum absolute atomic E-state index is 0.769. The van der Waals surface area contributed by atoms with E-state index in [0.717, 1.165) is 49.4 Å². The van der Waals surface area contributed by atoms with E-state index in [9.17, 15) is 0 Å². The third kappa shape index (κ3) is 6.48. The minimum atomic E-state index is 0.769. The van der Waals surface area contributed by atoms with Crippen LogP contribution in [0.2, 0.25) is 0 Å². The third-order valence-corrected chi connectivity index (χ3v) is 4.61. The Hall–Kier alpha value is -1.91. The molecule has 0 amide bonds. The van der Waals surface area contributed by atoms with Crippen LogP contribution in [0.25, 0.3) is 0 Å². The van der Waals surface area contributed by atoms with Crippen LogP contribution in [-0.4, -0.2) is 51.8 Å². The van der Waals surface area contributed by atoms with Crippen molar-refractivity contribution in [2.75, 3.05) is 40.9 Å². The fourth-order valence-corrected chi connectivity index (χ4v) is 2.88. The van der Waals surface area contributed by atoms with Crippen molar-refractivity contribution in [2.45, 2.75) is 39.0 Å². The summed E-state index contributed by atoms with van der Waals surface area (Å²) in [5.74, 6) is 3.54. The fraction of sp³-hybridized carbons (Fsp3) is 0.650. The molecular formula is C20H33N3O2. The highest BCUT2D eigenvalue weighted by atomic mass is 16.5. The molecule has 0 radical (unpaired) electrons. The van der Waals surface area contributed by atoms with Crippen LogP contribution in [0.1, 0.15) is 38.2 Å². The van der Waals surface area contributed by atoms with Crippen LogP contribution in [0.4, 0.5) is 0 Å². The number of hydrogen-bond donors (Lipinski definition) is 1. The average Bonchev–Trinajstić information content (AvgIpc) is 3.46. The highest BCUT2D eigenvalue weighted by Crippen LogP contribution is 2.33. The Bertz CT molecular complexity index is 556. The molecule has 0 saturated heterocycles. The van der Waals surface area contributed by atoms with Gasteiger partial charge in [-0.25, -0.2) is 0 Å². The second-order valence-corrected chi connectivity index (χ2v) is 6.68. The molecule has 0 aliphatic heterocycles. The standard InChI is InChI=1S/C20H33N3O2/c1-5-21-20(22-13-6-7-16-8-9-16)23(2)14-12-17-10-11-18(24-3)19(15-17)25-4/h10-11,15-16H,5-9,12-14H2,1-4H3,(H,21,22). The van der Waals surface area contributed by atoms with Gasteiger partial charge in [0.1, 0.15) is 0 Å². The molecule has 1 aromatic carbocycles. The number of hydrogen-bond acceptors (Lipinski definition) is 3. The Kier molecular flexibility index (Phi) is 7.89. The van der Waals surface area contributed by atoms with E-state index in [1.54, 1.807) is 14.2 Å². The number of benzene rings is 1. The smallest absolute Gasteiger partial charge is 0.193 e. The molecule has 25 heavy (non-hydrogen) atoms.